The quantitative estimate of drug-likeness (QED) is 0.573. The Kier molecular flexibility index (Phi) is 5.67. The van der Waals surface area contributed by atoms with Crippen molar-refractivity contribution in [1.29, 1.82) is 0 Å². The number of aromatic nitrogens is 3. The second kappa shape index (κ2) is 8.41. The van der Waals surface area contributed by atoms with Crippen molar-refractivity contribution >= 4 is 5.82 Å². The average molecular weight is 430 g/mol. The topological polar surface area (TPSA) is 60.4 Å². The van der Waals surface area contributed by atoms with E-state index in [0.717, 1.165) is 24.5 Å². The smallest absolute Gasteiger partial charge is 0.433 e. The molecule has 0 aliphatic carbocycles. The molecule has 6 nitrogen and oxygen atoms in total. The zero-order chi connectivity index (χ0) is 22.0. The minimum Gasteiger partial charge on any atom is -0.497 e. The number of hydrogen-bond acceptors (Lipinski definition) is 6. The van der Waals surface area contributed by atoms with Gasteiger partial charge in [-0.25, -0.2) is 9.97 Å². The molecule has 1 saturated heterocycles. The van der Waals surface area contributed by atoms with Gasteiger partial charge in [-0.1, -0.05) is 0 Å². The number of rotatable bonds is 5. The van der Waals surface area contributed by atoms with Crippen LogP contribution in [0.3, 0.4) is 0 Å². The molecule has 2 aromatic heterocycles. The van der Waals surface area contributed by atoms with E-state index in [-0.39, 0.29) is 17.7 Å². The molecule has 4 rings (SSSR count). The minimum atomic E-state index is -4.59. The molecule has 0 saturated carbocycles. The Morgan fingerprint density at radius 3 is 2.45 bits per heavy atom. The molecule has 0 N–H and O–H groups in total. The van der Waals surface area contributed by atoms with Crippen molar-refractivity contribution in [2.24, 2.45) is 0 Å². The number of methoxy groups -OCH3 is 2. The van der Waals surface area contributed by atoms with Crippen LogP contribution < -0.4 is 14.4 Å². The zero-order valence-electron chi connectivity index (χ0n) is 17.1. The Hall–Kier alpha value is -3.36. The largest absolute Gasteiger partial charge is 0.497 e. The lowest BCUT2D eigenvalue weighted by Gasteiger charge is -2.28. The number of alkyl halides is 3. The van der Waals surface area contributed by atoms with Gasteiger partial charge in [0.1, 0.15) is 17.3 Å². The molecule has 31 heavy (non-hydrogen) atoms. The van der Waals surface area contributed by atoms with Gasteiger partial charge in [0, 0.05) is 42.2 Å². The molecule has 0 spiro atoms. The van der Waals surface area contributed by atoms with Crippen LogP contribution in [0.15, 0.2) is 48.8 Å². The van der Waals surface area contributed by atoms with Gasteiger partial charge >= 0.3 is 6.18 Å². The fourth-order valence-corrected chi connectivity index (χ4v) is 3.81. The number of benzene rings is 1. The van der Waals surface area contributed by atoms with Crippen LogP contribution in [0, 0.1) is 0 Å². The number of anilines is 1. The molecule has 3 heterocycles. The first-order chi connectivity index (χ1) is 14.9. The summed E-state index contributed by atoms with van der Waals surface area (Å²) in [6.07, 6.45) is -0.0140. The van der Waals surface area contributed by atoms with E-state index in [2.05, 4.69) is 15.0 Å². The first-order valence-corrected chi connectivity index (χ1v) is 9.76. The lowest BCUT2D eigenvalue weighted by molar-refractivity contribution is -0.141. The SMILES string of the molecule is COc1ccc(C2CCCN2c2cc(C(F)(F)F)nc(-c3ccncc3)n2)c(OC)c1. The van der Waals surface area contributed by atoms with Crippen LogP contribution in [0.5, 0.6) is 11.5 Å². The fourth-order valence-electron chi connectivity index (χ4n) is 3.81. The van der Waals surface area contributed by atoms with Gasteiger partial charge in [-0.15, -0.1) is 0 Å². The molecule has 1 aliphatic heterocycles. The molecular formula is C22H21F3N4O2. The summed E-state index contributed by atoms with van der Waals surface area (Å²) in [5.41, 5.74) is 0.371. The number of hydrogen-bond donors (Lipinski definition) is 0. The molecule has 0 amide bonds. The monoisotopic (exact) mass is 430 g/mol. The maximum absolute atomic E-state index is 13.6. The summed E-state index contributed by atoms with van der Waals surface area (Å²) < 4.78 is 51.6. The highest BCUT2D eigenvalue weighted by Gasteiger charge is 2.36. The molecule has 0 bridgehead atoms. The molecule has 1 aliphatic rings. The first kappa shape index (κ1) is 20.9. The van der Waals surface area contributed by atoms with E-state index in [0.29, 0.717) is 23.6 Å². The highest BCUT2D eigenvalue weighted by atomic mass is 19.4. The highest BCUT2D eigenvalue weighted by molar-refractivity contribution is 5.59. The minimum absolute atomic E-state index is 0.0135. The fraction of sp³-hybridized carbons (Fsp3) is 0.318. The predicted molar refractivity (Wildman–Crippen MR) is 109 cm³/mol. The first-order valence-electron chi connectivity index (χ1n) is 9.76. The van der Waals surface area contributed by atoms with E-state index in [1.807, 2.05) is 17.0 Å². The van der Waals surface area contributed by atoms with Crippen molar-refractivity contribution in [2.45, 2.75) is 25.1 Å². The van der Waals surface area contributed by atoms with Gasteiger partial charge in [0.2, 0.25) is 0 Å². The molecule has 1 aromatic carbocycles. The summed E-state index contributed by atoms with van der Waals surface area (Å²) in [5, 5.41) is 0. The van der Waals surface area contributed by atoms with Crippen LogP contribution in [0.2, 0.25) is 0 Å². The van der Waals surface area contributed by atoms with Crippen molar-refractivity contribution in [2.75, 3.05) is 25.7 Å². The second-order valence-corrected chi connectivity index (χ2v) is 7.13. The van der Waals surface area contributed by atoms with Crippen LogP contribution in [0.1, 0.15) is 30.1 Å². The summed E-state index contributed by atoms with van der Waals surface area (Å²) in [4.78, 5) is 14.0. The summed E-state index contributed by atoms with van der Waals surface area (Å²) >= 11 is 0. The van der Waals surface area contributed by atoms with E-state index in [1.54, 1.807) is 32.4 Å². The summed E-state index contributed by atoms with van der Waals surface area (Å²) in [5.74, 6) is 1.51. The molecular weight excluding hydrogens is 409 g/mol. The third kappa shape index (κ3) is 4.26. The Morgan fingerprint density at radius 1 is 1.00 bits per heavy atom. The van der Waals surface area contributed by atoms with Gasteiger partial charge in [0.15, 0.2) is 11.5 Å². The van der Waals surface area contributed by atoms with E-state index >= 15 is 0 Å². The second-order valence-electron chi connectivity index (χ2n) is 7.13. The number of pyridine rings is 1. The Morgan fingerprint density at radius 2 is 1.77 bits per heavy atom. The van der Waals surface area contributed by atoms with E-state index < -0.39 is 11.9 Å². The van der Waals surface area contributed by atoms with Gasteiger partial charge < -0.3 is 14.4 Å². The molecule has 1 unspecified atom stereocenters. The normalized spacial score (nSPS) is 16.4. The van der Waals surface area contributed by atoms with Crippen molar-refractivity contribution in [1.82, 2.24) is 15.0 Å². The Labute approximate surface area is 177 Å². The molecule has 1 atom stereocenters. The molecule has 1 fully saturated rings. The van der Waals surface area contributed by atoms with Gasteiger partial charge in [-0.3, -0.25) is 4.98 Å². The van der Waals surface area contributed by atoms with Crippen molar-refractivity contribution < 1.29 is 22.6 Å². The molecule has 162 valence electrons. The maximum atomic E-state index is 13.6. The van der Waals surface area contributed by atoms with E-state index in [1.165, 1.54) is 12.4 Å². The van der Waals surface area contributed by atoms with Crippen molar-refractivity contribution in [3.05, 3.63) is 60.0 Å². The zero-order valence-corrected chi connectivity index (χ0v) is 17.1. The van der Waals surface area contributed by atoms with Crippen LogP contribution in [0.25, 0.3) is 11.4 Å². The van der Waals surface area contributed by atoms with Crippen LogP contribution in [-0.4, -0.2) is 35.7 Å². The summed E-state index contributed by atoms with van der Waals surface area (Å²) in [6, 6.07) is 9.49. The third-order valence-corrected chi connectivity index (χ3v) is 5.29. The van der Waals surface area contributed by atoms with Gasteiger partial charge in [0.05, 0.1) is 20.3 Å². The van der Waals surface area contributed by atoms with Crippen LogP contribution in [0.4, 0.5) is 19.0 Å². The predicted octanol–water partition coefficient (Wildman–Crippen LogP) is 4.92. The molecule has 3 aromatic rings. The molecule has 0 radical (unpaired) electrons. The summed E-state index contributed by atoms with van der Waals surface area (Å²) in [7, 11) is 3.13. The van der Waals surface area contributed by atoms with Crippen molar-refractivity contribution in [3.63, 3.8) is 0 Å². The third-order valence-electron chi connectivity index (χ3n) is 5.29. The van der Waals surface area contributed by atoms with E-state index in [9.17, 15) is 13.2 Å². The lowest BCUT2D eigenvalue weighted by atomic mass is 10.0. The Bertz CT molecular complexity index is 1060. The standard InChI is InChI=1S/C22H21F3N4O2/c1-30-15-5-6-16(18(12-15)31-2)17-4-3-11-29(17)20-13-19(22(23,24)25)27-21(28-20)14-7-9-26-10-8-14/h5-10,12-13,17H,3-4,11H2,1-2H3. The molecule has 9 heteroatoms. The Balaban J connectivity index is 1.79. The maximum Gasteiger partial charge on any atom is 0.433 e. The van der Waals surface area contributed by atoms with Gasteiger partial charge in [-0.2, -0.15) is 13.2 Å². The van der Waals surface area contributed by atoms with Gasteiger partial charge in [-0.05, 0) is 37.1 Å². The number of halogens is 3. The van der Waals surface area contributed by atoms with E-state index in [4.69, 9.17) is 9.47 Å². The van der Waals surface area contributed by atoms with Crippen molar-refractivity contribution in [3.8, 4) is 22.9 Å². The van der Waals surface area contributed by atoms with Gasteiger partial charge in [0.25, 0.3) is 0 Å². The number of nitrogens with zero attached hydrogens (tertiary/aromatic N) is 4. The lowest BCUT2D eigenvalue weighted by Crippen LogP contribution is -2.25. The van der Waals surface area contributed by atoms with Crippen LogP contribution >= 0.6 is 0 Å². The van der Waals surface area contributed by atoms with Crippen LogP contribution in [-0.2, 0) is 6.18 Å². The average Bonchev–Trinajstić information content (AvgIpc) is 3.28. The number of ether oxygens (including phenoxy) is 2. The highest BCUT2D eigenvalue weighted by Crippen LogP contribution is 2.42. The summed E-state index contributed by atoms with van der Waals surface area (Å²) in [6.45, 7) is 0.573.